The number of nitrogens with zero attached hydrogens (tertiary/aromatic N) is 2. The van der Waals surface area contributed by atoms with Gasteiger partial charge in [-0.1, -0.05) is 28.8 Å². The van der Waals surface area contributed by atoms with Crippen molar-refractivity contribution in [2.24, 2.45) is 0 Å². The Labute approximate surface area is 122 Å². The second-order valence-corrected chi connectivity index (χ2v) is 5.66. The van der Waals surface area contributed by atoms with Gasteiger partial charge < -0.3 is 4.90 Å². The molecule has 1 saturated heterocycles. The smallest absolute Gasteiger partial charge is 0.269 e. The average Bonchev–Trinajstić information content (AvgIpc) is 2.62. The fourth-order valence-corrected chi connectivity index (χ4v) is 3.15. The number of non-ortho nitro benzene ring substituents is 1. The van der Waals surface area contributed by atoms with Gasteiger partial charge in [0.15, 0.2) is 0 Å². The molecular formula is C14H19BrN2O2. The van der Waals surface area contributed by atoms with Gasteiger partial charge in [0.25, 0.3) is 5.69 Å². The third-order valence-electron chi connectivity index (χ3n) is 3.78. The van der Waals surface area contributed by atoms with E-state index in [9.17, 15) is 10.1 Å². The van der Waals surface area contributed by atoms with E-state index >= 15 is 0 Å². The number of nitro benzene ring substituents is 1. The first-order valence-electron chi connectivity index (χ1n) is 6.73. The summed E-state index contributed by atoms with van der Waals surface area (Å²) in [7, 11) is 0. The molecule has 0 bridgehead atoms. The van der Waals surface area contributed by atoms with Crippen molar-refractivity contribution in [3.05, 3.63) is 33.9 Å². The molecule has 1 unspecified atom stereocenters. The van der Waals surface area contributed by atoms with Gasteiger partial charge in [0.05, 0.1) is 4.92 Å². The molecule has 1 aromatic carbocycles. The quantitative estimate of drug-likeness (QED) is 0.473. The molecule has 19 heavy (non-hydrogen) atoms. The lowest BCUT2D eigenvalue weighted by molar-refractivity contribution is -0.384. The SMILES string of the molecule is CC1CCCCCN1c1ccc([N+](=O)[O-])cc1CBr. The van der Waals surface area contributed by atoms with Crippen LogP contribution in [-0.4, -0.2) is 17.5 Å². The highest BCUT2D eigenvalue weighted by molar-refractivity contribution is 9.08. The Bertz CT molecular complexity index is 465. The van der Waals surface area contributed by atoms with Gasteiger partial charge in [0, 0.05) is 35.7 Å². The monoisotopic (exact) mass is 326 g/mol. The summed E-state index contributed by atoms with van der Waals surface area (Å²) >= 11 is 3.45. The number of benzene rings is 1. The minimum absolute atomic E-state index is 0.167. The average molecular weight is 327 g/mol. The molecule has 0 aliphatic carbocycles. The summed E-state index contributed by atoms with van der Waals surface area (Å²) in [6, 6.07) is 5.69. The molecule has 1 atom stereocenters. The summed E-state index contributed by atoms with van der Waals surface area (Å²) in [5.74, 6) is 0. The van der Waals surface area contributed by atoms with Gasteiger partial charge in [0.2, 0.25) is 0 Å². The lowest BCUT2D eigenvalue weighted by Crippen LogP contribution is -2.33. The van der Waals surface area contributed by atoms with Gasteiger partial charge in [-0.3, -0.25) is 10.1 Å². The molecule has 5 heteroatoms. The van der Waals surface area contributed by atoms with E-state index in [1.165, 1.54) is 25.7 Å². The summed E-state index contributed by atoms with van der Waals surface area (Å²) < 4.78 is 0. The van der Waals surface area contributed by atoms with Crippen molar-refractivity contribution >= 4 is 27.3 Å². The molecule has 0 saturated carbocycles. The zero-order valence-electron chi connectivity index (χ0n) is 11.1. The minimum atomic E-state index is -0.332. The second-order valence-electron chi connectivity index (χ2n) is 5.10. The molecule has 104 valence electrons. The molecule has 1 aromatic rings. The number of anilines is 1. The first kappa shape index (κ1) is 14.3. The standard InChI is InChI=1S/C14H19BrN2O2/c1-11-5-3-2-4-8-16(11)14-7-6-13(17(18)19)9-12(14)10-15/h6-7,9,11H,2-5,8,10H2,1H3. The van der Waals surface area contributed by atoms with Crippen molar-refractivity contribution in [2.75, 3.05) is 11.4 Å². The lowest BCUT2D eigenvalue weighted by atomic mass is 10.1. The van der Waals surface area contributed by atoms with Gasteiger partial charge in [-0.2, -0.15) is 0 Å². The van der Waals surface area contributed by atoms with E-state index in [4.69, 9.17) is 0 Å². The Kier molecular flexibility index (Phi) is 4.80. The van der Waals surface area contributed by atoms with E-state index in [0.29, 0.717) is 11.4 Å². The van der Waals surface area contributed by atoms with Crippen LogP contribution in [0.3, 0.4) is 0 Å². The predicted molar refractivity (Wildman–Crippen MR) is 81.0 cm³/mol. The second kappa shape index (κ2) is 6.37. The van der Waals surface area contributed by atoms with Crippen LogP contribution < -0.4 is 4.90 Å². The number of rotatable bonds is 3. The van der Waals surface area contributed by atoms with E-state index in [1.807, 2.05) is 6.07 Å². The van der Waals surface area contributed by atoms with Crippen molar-refractivity contribution in [1.82, 2.24) is 0 Å². The first-order valence-corrected chi connectivity index (χ1v) is 7.85. The zero-order valence-corrected chi connectivity index (χ0v) is 12.7. The summed E-state index contributed by atoms with van der Waals surface area (Å²) in [4.78, 5) is 12.9. The summed E-state index contributed by atoms with van der Waals surface area (Å²) in [6.45, 7) is 3.28. The Morgan fingerprint density at radius 1 is 1.42 bits per heavy atom. The van der Waals surface area contributed by atoms with Crippen molar-refractivity contribution in [1.29, 1.82) is 0 Å². The highest BCUT2D eigenvalue weighted by Gasteiger charge is 2.21. The molecule has 1 aliphatic heterocycles. The van der Waals surface area contributed by atoms with Gasteiger partial charge in [0.1, 0.15) is 0 Å². The Balaban J connectivity index is 2.34. The Hall–Kier alpha value is -1.10. The summed E-state index contributed by atoms with van der Waals surface area (Å²) in [5.41, 5.74) is 2.31. The molecule has 0 spiro atoms. The van der Waals surface area contributed by atoms with Crippen molar-refractivity contribution in [3.8, 4) is 0 Å². The van der Waals surface area contributed by atoms with Crippen LogP contribution in [0, 0.1) is 10.1 Å². The summed E-state index contributed by atoms with van der Waals surface area (Å²) in [5, 5.41) is 11.5. The largest absolute Gasteiger partial charge is 0.369 e. The first-order chi connectivity index (χ1) is 9.13. The fraction of sp³-hybridized carbons (Fsp3) is 0.571. The van der Waals surface area contributed by atoms with Crippen molar-refractivity contribution in [2.45, 2.75) is 44.0 Å². The highest BCUT2D eigenvalue weighted by atomic mass is 79.9. The minimum Gasteiger partial charge on any atom is -0.369 e. The van der Waals surface area contributed by atoms with Crippen LogP contribution in [0.1, 0.15) is 38.2 Å². The molecule has 1 aliphatic rings. The predicted octanol–water partition coefficient (Wildman–Crippen LogP) is 4.26. The zero-order chi connectivity index (χ0) is 13.8. The molecule has 4 nitrogen and oxygen atoms in total. The van der Waals surface area contributed by atoms with E-state index in [0.717, 1.165) is 17.8 Å². The maximum atomic E-state index is 10.9. The van der Waals surface area contributed by atoms with Gasteiger partial charge in [-0.15, -0.1) is 0 Å². The number of alkyl halides is 1. The molecule has 1 heterocycles. The van der Waals surface area contributed by atoms with Crippen LogP contribution in [0.2, 0.25) is 0 Å². The molecule has 0 aromatic heterocycles. The fourth-order valence-electron chi connectivity index (χ4n) is 2.71. The molecule has 0 amide bonds. The molecule has 0 radical (unpaired) electrons. The topological polar surface area (TPSA) is 46.4 Å². The van der Waals surface area contributed by atoms with E-state index < -0.39 is 0 Å². The normalized spacial score (nSPS) is 20.1. The number of hydrogen-bond acceptors (Lipinski definition) is 3. The van der Waals surface area contributed by atoms with E-state index in [2.05, 4.69) is 27.8 Å². The number of halogens is 1. The van der Waals surface area contributed by atoms with Crippen LogP contribution in [-0.2, 0) is 5.33 Å². The Morgan fingerprint density at radius 2 is 2.21 bits per heavy atom. The molecule has 0 N–H and O–H groups in total. The van der Waals surface area contributed by atoms with Crippen molar-refractivity contribution < 1.29 is 4.92 Å². The molecular weight excluding hydrogens is 308 g/mol. The molecule has 1 fully saturated rings. The number of hydrogen-bond donors (Lipinski definition) is 0. The van der Waals surface area contributed by atoms with Gasteiger partial charge >= 0.3 is 0 Å². The van der Waals surface area contributed by atoms with Crippen LogP contribution in [0.4, 0.5) is 11.4 Å². The summed E-state index contributed by atoms with van der Waals surface area (Å²) in [6.07, 6.45) is 4.94. The van der Waals surface area contributed by atoms with Crippen LogP contribution in [0.5, 0.6) is 0 Å². The maximum Gasteiger partial charge on any atom is 0.269 e. The van der Waals surface area contributed by atoms with E-state index in [1.54, 1.807) is 12.1 Å². The van der Waals surface area contributed by atoms with E-state index in [-0.39, 0.29) is 10.6 Å². The Morgan fingerprint density at radius 3 is 2.89 bits per heavy atom. The molecule has 2 rings (SSSR count). The lowest BCUT2D eigenvalue weighted by Gasteiger charge is -2.31. The number of nitro groups is 1. The third kappa shape index (κ3) is 3.26. The van der Waals surface area contributed by atoms with Crippen LogP contribution in [0.25, 0.3) is 0 Å². The third-order valence-corrected chi connectivity index (χ3v) is 4.38. The van der Waals surface area contributed by atoms with Crippen LogP contribution in [0.15, 0.2) is 18.2 Å². The van der Waals surface area contributed by atoms with Crippen LogP contribution >= 0.6 is 15.9 Å². The maximum absolute atomic E-state index is 10.9. The van der Waals surface area contributed by atoms with Gasteiger partial charge in [-0.05, 0) is 31.4 Å². The van der Waals surface area contributed by atoms with Crippen molar-refractivity contribution in [3.63, 3.8) is 0 Å². The van der Waals surface area contributed by atoms with Gasteiger partial charge in [-0.25, -0.2) is 0 Å². The highest BCUT2D eigenvalue weighted by Crippen LogP contribution is 2.31.